The zero-order valence-electron chi connectivity index (χ0n) is 14.8. The number of nitrogens with one attached hydrogen (secondary N) is 2. The maximum absolute atomic E-state index is 11.9. The lowest BCUT2D eigenvalue weighted by Crippen LogP contribution is -2.43. The minimum absolute atomic E-state index is 0.0751. The van der Waals surface area contributed by atoms with Crippen LogP contribution in [0.15, 0.2) is 30.3 Å². The molecule has 2 aromatic heterocycles. The third-order valence-electron chi connectivity index (χ3n) is 3.87. The Labute approximate surface area is 155 Å². The van der Waals surface area contributed by atoms with Gasteiger partial charge in [-0.3, -0.25) is 25.1 Å². The zero-order chi connectivity index (χ0) is 18.5. The van der Waals surface area contributed by atoms with Gasteiger partial charge in [-0.2, -0.15) is 5.10 Å². The highest BCUT2D eigenvalue weighted by Crippen LogP contribution is 2.22. The highest BCUT2D eigenvalue weighted by Gasteiger charge is 2.09. The van der Waals surface area contributed by atoms with Crippen LogP contribution in [0.4, 0.5) is 0 Å². The van der Waals surface area contributed by atoms with Gasteiger partial charge in [-0.05, 0) is 44.9 Å². The predicted octanol–water partition coefficient (Wildman–Crippen LogP) is 2.28. The molecule has 0 aliphatic rings. The molecule has 0 aliphatic carbocycles. The first-order valence-electron chi connectivity index (χ1n) is 8.44. The molecule has 0 atom stereocenters. The van der Waals surface area contributed by atoms with E-state index in [1.165, 1.54) is 0 Å². The summed E-state index contributed by atoms with van der Waals surface area (Å²) in [5.41, 5.74) is 7.62. The molecule has 2 heterocycles. The molecule has 3 aromatic rings. The molecule has 2 amide bonds. The molecular formula is C18H21N5O2S. The van der Waals surface area contributed by atoms with Gasteiger partial charge in [-0.1, -0.05) is 12.1 Å². The first-order valence-corrected chi connectivity index (χ1v) is 9.26. The molecule has 8 heteroatoms. The fraction of sp³-hybridized carbons (Fsp3) is 0.333. The number of nitrogens with zero attached hydrogens (tertiary/aromatic N) is 3. The number of aromatic nitrogens is 3. The molecule has 1 aromatic carbocycles. The van der Waals surface area contributed by atoms with Gasteiger partial charge in [0.05, 0.1) is 20.9 Å². The highest BCUT2D eigenvalue weighted by molar-refractivity contribution is 7.18. The van der Waals surface area contributed by atoms with Crippen LogP contribution >= 0.6 is 11.3 Å². The number of para-hydroxylation sites is 1. The molecule has 136 valence electrons. The Morgan fingerprint density at radius 3 is 2.65 bits per heavy atom. The van der Waals surface area contributed by atoms with E-state index in [1.807, 2.05) is 44.2 Å². The molecule has 3 rings (SSSR count). The Hall–Kier alpha value is -2.74. The first-order chi connectivity index (χ1) is 12.5. The van der Waals surface area contributed by atoms with Crippen LogP contribution in [0.1, 0.15) is 29.2 Å². The molecular weight excluding hydrogens is 350 g/mol. The summed E-state index contributed by atoms with van der Waals surface area (Å²) >= 11 is 1.65. The zero-order valence-corrected chi connectivity index (χ0v) is 15.6. The van der Waals surface area contributed by atoms with Crippen molar-refractivity contribution in [3.8, 4) is 0 Å². The van der Waals surface area contributed by atoms with Crippen molar-refractivity contribution in [1.29, 1.82) is 0 Å². The van der Waals surface area contributed by atoms with Crippen LogP contribution in [0.3, 0.4) is 0 Å². The van der Waals surface area contributed by atoms with E-state index in [0.717, 1.165) is 33.0 Å². The molecule has 0 unspecified atom stereocenters. The van der Waals surface area contributed by atoms with Crippen molar-refractivity contribution in [2.75, 3.05) is 0 Å². The van der Waals surface area contributed by atoms with Crippen LogP contribution in [0.25, 0.3) is 10.2 Å². The van der Waals surface area contributed by atoms with E-state index >= 15 is 0 Å². The number of rotatable bonds is 6. The highest BCUT2D eigenvalue weighted by atomic mass is 32.1. The Morgan fingerprint density at radius 2 is 1.92 bits per heavy atom. The quantitative estimate of drug-likeness (QED) is 0.651. The number of benzene rings is 1. The van der Waals surface area contributed by atoms with Gasteiger partial charge in [-0.15, -0.1) is 11.3 Å². The van der Waals surface area contributed by atoms with Crippen LogP contribution in [0.5, 0.6) is 0 Å². The number of amides is 2. The van der Waals surface area contributed by atoms with E-state index in [0.29, 0.717) is 12.8 Å². The fourth-order valence-electron chi connectivity index (χ4n) is 2.64. The van der Waals surface area contributed by atoms with E-state index in [4.69, 9.17) is 0 Å². The van der Waals surface area contributed by atoms with Gasteiger partial charge in [0.15, 0.2) is 0 Å². The van der Waals surface area contributed by atoms with Gasteiger partial charge < -0.3 is 0 Å². The second kappa shape index (κ2) is 8.09. The third kappa shape index (κ3) is 4.66. The summed E-state index contributed by atoms with van der Waals surface area (Å²) in [4.78, 5) is 28.3. The number of thiazole rings is 1. The maximum atomic E-state index is 11.9. The lowest BCUT2D eigenvalue weighted by molar-refractivity contribution is -0.129. The van der Waals surface area contributed by atoms with Crippen LogP contribution in [-0.2, 0) is 22.6 Å². The topological polar surface area (TPSA) is 88.9 Å². The summed E-state index contributed by atoms with van der Waals surface area (Å²) in [6, 6.07) is 9.89. The second-order valence-electron chi connectivity index (χ2n) is 6.11. The first kappa shape index (κ1) is 18.1. The number of aryl methyl sites for hydroxylation is 3. The summed E-state index contributed by atoms with van der Waals surface area (Å²) in [6.07, 6.45) is 1.75. The number of carbonyl (C=O) groups is 2. The molecule has 0 radical (unpaired) electrons. The normalized spacial score (nSPS) is 10.8. The Morgan fingerprint density at radius 1 is 1.15 bits per heavy atom. The monoisotopic (exact) mass is 371 g/mol. The lowest BCUT2D eigenvalue weighted by atomic mass is 10.2. The largest absolute Gasteiger partial charge is 0.273 e. The average molecular weight is 371 g/mol. The van der Waals surface area contributed by atoms with Crippen LogP contribution in [0, 0.1) is 13.8 Å². The minimum Gasteiger partial charge on any atom is -0.273 e. The van der Waals surface area contributed by atoms with Gasteiger partial charge in [-0.25, -0.2) is 4.98 Å². The van der Waals surface area contributed by atoms with E-state index in [1.54, 1.807) is 16.0 Å². The van der Waals surface area contributed by atoms with Gasteiger partial charge in [0.2, 0.25) is 5.91 Å². The van der Waals surface area contributed by atoms with Crippen LogP contribution in [0.2, 0.25) is 0 Å². The van der Waals surface area contributed by atoms with Crippen molar-refractivity contribution < 1.29 is 9.59 Å². The molecule has 26 heavy (non-hydrogen) atoms. The second-order valence-corrected chi connectivity index (χ2v) is 7.23. The molecule has 0 aliphatic heterocycles. The number of fused-ring (bicyclic) bond motifs is 1. The van der Waals surface area contributed by atoms with E-state index < -0.39 is 0 Å². The maximum Gasteiger partial charge on any atom is 0.260 e. The minimum atomic E-state index is -0.310. The number of hydrazine groups is 1. The summed E-state index contributed by atoms with van der Waals surface area (Å²) in [6.45, 7) is 3.83. The standard InChI is InChI=1S/C18H21N5O2S/c1-12-10-13(2)23(22-12)11-17(25)21-20-16(24)8-5-9-18-19-14-6-3-4-7-15(14)26-18/h3-4,6-7,10H,5,8-9,11H2,1-2H3,(H,20,24)(H,21,25). The summed E-state index contributed by atoms with van der Waals surface area (Å²) in [5.74, 6) is -0.524. The van der Waals surface area contributed by atoms with Crippen molar-refractivity contribution in [1.82, 2.24) is 25.6 Å². The Bertz CT molecular complexity index is 898. The summed E-state index contributed by atoms with van der Waals surface area (Å²) in [7, 11) is 0. The molecule has 0 fully saturated rings. The molecule has 0 bridgehead atoms. The van der Waals surface area contributed by atoms with Crippen molar-refractivity contribution in [2.24, 2.45) is 0 Å². The van der Waals surface area contributed by atoms with Gasteiger partial charge in [0, 0.05) is 12.1 Å². The number of hydrogen-bond donors (Lipinski definition) is 2. The smallest absolute Gasteiger partial charge is 0.260 e. The number of carbonyl (C=O) groups excluding carboxylic acids is 2. The molecule has 0 spiro atoms. The van der Waals surface area contributed by atoms with Crippen molar-refractivity contribution in [3.05, 3.63) is 46.7 Å². The summed E-state index contributed by atoms with van der Waals surface area (Å²) < 4.78 is 2.76. The van der Waals surface area contributed by atoms with Gasteiger partial charge in [0.25, 0.3) is 5.91 Å². The molecule has 7 nitrogen and oxygen atoms in total. The molecule has 2 N–H and O–H groups in total. The third-order valence-corrected chi connectivity index (χ3v) is 4.97. The lowest BCUT2D eigenvalue weighted by Gasteiger charge is -2.08. The van der Waals surface area contributed by atoms with Crippen molar-refractivity contribution in [2.45, 2.75) is 39.7 Å². The average Bonchev–Trinajstić information content (AvgIpc) is 3.15. The van der Waals surface area contributed by atoms with Crippen molar-refractivity contribution >= 4 is 33.4 Å². The number of hydrogen-bond acceptors (Lipinski definition) is 5. The Kier molecular flexibility index (Phi) is 5.62. The van der Waals surface area contributed by atoms with E-state index in [9.17, 15) is 9.59 Å². The van der Waals surface area contributed by atoms with Crippen LogP contribution < -0.4 is 10.9 Å². The molecule has 0 saturated carbocycles. The molecule has 0 saturated heterocycles. The van der Waals surface area contributed by atoms with Crippen LogP contribution in [-0.4, -0.2) is 26.6 Å². The summed E-state index contributed by atoms with van der Waals surface area (Å²) in [5, 5.41) is 5.24. The van der Waals surface area contributed by atoms with E-state index in [2.05, 4.69) is 20.9 Å². The fourth-order valence-corrected chi connectivity index (χ4v) is 3.65. The SMILES string of the molecule is Cc1cc(C)n(CC(=O)NNC(=O)CCCc2nc3ccccc3s2)n1. The Balaban J connectivity index is 1.38. The van der Waals surface area contributed by atoms with Gasteiger partial charge >= 0.3 is 0 Å². The van der Waals surface area contributed by atoms with Gasteiger partial charge in [0.1, 0.15) is 6.54 Å². The van der Waals surface area contributed by atoms with Crippen molar-refractivity contribution in [3.63, 3.8) is 0 Å². The van der Waals surface area contributed by atoms with E-state index in [-0.39, 0.29) is 18.4 Å². The predicted molar refractivity (Wildman–Crippen MR) is 101 cm³/mol.